The molecule has 11 heteroatoms. The van der Waals surface area contributed by atoms with E-state index >= 15 is 0 Å². The molecule has 4 aromatic rings. The number of rotatable bonds is 7. The maximum Gasteiger partial charge on any atom is 0.232 e. The third-order valence-electron chi connectivity index (χ3n) is 6.67. The molecule has 0 bridgehead atoms. The van der Waals surface area contributed by atoms with Gasteiger partial charge in [-0.3, -0.25) is 4.31 Å². The third kappa shape index (κ3) is 5.52. The van der Waals surface area contributed by atoms with E-state index in [0.29, 0.717) is 22.8 Å². The predicted molar refractivity (Wildman–Crippen MR) is 145 cm³/mol. The minimum atomic E-state index is -3.51. The standard InChI is InChI=1S/C26H30FN7O2S/c1-32(37(2,35)36)24-10-5-20(27)14-19(24)16-34-13-11-18-15-29-26(31-25(18)34)30-22-6-8-23(9-7-22)33-12-3-4-21(28)17-33/h5-11,13-15,21H,3-4,12,16-17,28H2,1-2H3,(H,29,30,31). The number of anilines is 4. The van der Waals surface area contributed by atoms with Gasteiger partial charge in [-0.25, -0.2) is 17.8 Å². The second-order valence-electron chi connectivity index (χ2n) is 9.44. The molecule has 1 fully saturated rings. The normalized spacial score (nSPS) is 16.2. The van der Waals surface area contributed by atoms with Crippen molar-refractivity contribution in [3.05, 3.63) is 72.3 Å². The highest BCUT2D eigenvalue weighted by Gasteiger charge is 2.18. The Balaban J connectivity index is 1.38. The Kier molecular flexibility index (Phi) is 6.74. The molecule has 1 aliphatic rings. The first-order valence-corrected chi connectivity index (χ1v) is 13.9. The highest BCUT2D eigenvalue weighted by Crippen LogP contribution is 2.27. The van der Waals surface area contributed by atoms with Crippen LogP contribution in [0.5, 0.6) is 0 Å². The summed E-state index contributed by atoms with van der Waals surface area (Å²) in [5, 5.41) is 4.06. The molecule has 9 nitrogen and oxygen atoms in total. The van der Waals surface area contributed by atoms with Gasteiger partial charge in [0.15, 0.2) is 0 Å². The number of benzene rings is 2. The number of nitrogens with two attached hydrogens (primary N) is 1. The van der Waals surface area contributed by atoms with Gasteiger partial charge in [-0.2, -0.15) is 4.98 Å². The molecule has 0 spiro atoms. The van der Waals surface area contributed by atoms with Crippen molar-refractivity contribution in [3.63, 3.8) is 0 Å². The molecule has 3 heterocycles. The molecule has 1 saturated heterocycles. The van der Waals surface area contributed by atoms with E-state index in [0.717, 1.165) is 53.3 Å². The van der Waals surface area contributed by atoms with E-state index < -0.39 is 15.8 Å². The van der Waals surface area contributed by atoms with Gasteiger partial charge in [-0.15, -0.1) is 0 Å². The van der Waals surface area contributed by atoms with E-state index in [1.807, 2.05) is 29.0 Å². The number of hydrogen-bond donors (Lipinski definition) is 2. The average Bonchev–Trinajstić information content (AvgIpc) is 3.25. The summed E-state index contributed by atoms with van der Waals surface area (Å²) >= 11 is 0. The second kappa shape index (κ2) is 9.98. The van der Waals surface area contributed by atoms with Crippen molar-refractivity contribution in [1.82, 2.24) is 14.5 Å². The highest BCUT2D eigenvalue weighted by atomic mass is 32.2. The number of nitrogens with one attached hydrogen (secondary N) is 1. The molecular formula is C26H30FN7O2S. The highest BCUT2D eigenvalue weighted by molar-refractivity contribution is 7.92. The fraction of sp³-hybridized carbons (Fsp3) is 0.308. The first kappa shape index (κ1) is 25.0. The summed E-state index contributed by atoms with van der Waals surface area (Å²) < 4.78 is 41.3. The SMILES string of the molecule is CN(c1ccc(F)cc1Cn1ccc2cnc(Nc3ccc(N4CCCC(N)C4)cc3)nc21)S(C)(=O)=O. The van der Waals surface area contributed by atoms with Crippen LogP contribution in [0.15, 0.2) is 60.9 Å². The fourth-order valence-electron chi connectivity index (χ4n) is 4.64. The summed E-state index contributed by atoms with van der Waals surface area (Å²) in [4.78, 5) is 11.4. The van der Waals surface area contributed by atoms with Gasteiger partial charge < -0.3 is 20.5 Å². The lowest BCUT2D eigenvalue weighted by Crippen LogP contribution is -2.42. The molecule has 0 radical (unpaired) electrons. The Morgan fingerprint density at radius 1 is 1.19 bits per heavy atom. The molecule has 37 heavy (non-hydrogen) atoms. The molecule has 2 aromatic carbocycles. The van der Waals surface area contributed by atoms with Crippen molar-refractivity contribution in [2.45, 2.75) is 25.4 Å². The molecule has 0 amide bonds. The zero-order chi connectivity index (χ0) is 26.2. The van der Waals surface area contributed by atoms with Gasteiger partial charge >= 0.3 is 0 Å². The monoisotopic (exact) mass is 523 g/mol. The Labute approximate surface area is 215 Å². The van der Waals surface area contributed by atoms with Crippen molar-refractivity contribution in [2.75, 3.05) is 40.9 Å². The molecule has 194 valence electrons. The summed E-state index contributed by atoms with van der Waals surface area (Å²) in [6.07, 6.45) is 6.82. The van der Waals surface area contributed by atoms with Gasteiger partial charge in [0, 0.05) is 55.3 Å². The Morgan fingerprint density at radius 3 is 2.70 bits per heavy atom. The Hall–Kier alpha value is -3.70. The van der Waals surface area contributed by atoms with Gasteiger partial charge in [0.25, 0.3) is 0 Å². The molecule has 0 aliphatic carbocycles. The predicted octanol–water partition coefficient (Wildman–Crippen LogP) is 3.69. The van der Waals surface area contributed by atoms with Crippen LogP contribution in [0.2, 0.25) is 0 Å². The summed E-state index contributed by atoms with van der Waals surface area (Å²) in [7, 11) is -2.06. The van der Waals surface area contributed by atoms with Crippen molar-refractivity contribution in [2.24, 2.45) is 5.73 Å². The summed E-state index contributed by atoms with van der Waals surface area (Å²) in [5.41, 5.74) is 9.68. The number of sulfonamides is 1. The number of nitrogens with zero attached hydrogens (tertiary/aromatic N) is 5. The van der Waals surface area contributed by atoms with Crippen LogP contribution in [0.25, 0.3) is 11.0 Å². The molecule has 2 aromatic heterocycles. The maximum atomic E-state index is 14.1. The van der Waals surface area contributed by atoms with Crippen molar-refractivity contribution < 1.29 is 12.8 Å². The van der Waals surface area contributed by atoms with E-state index in [-0.39, 0.29) is 12.6 Å². The number of piperidine rings is 1. The number of fused-ring (bicyclic) bond motifs is 1. The van der Waals surface area contributed by atoms with Crippen LogP contribution in [0.4, 0.5) is 27.4 Å². The largest absolute Gasteiger partial charge is 0.370 e. The molecule has 1 unspecified atom stereocenters. The number of hydrogen-bond acceptors (Lipinski definition) is 7. The van der Waals surface area contributed by atoms with Crippen LogP contribution in [0.1, 0.15) is 18.4 Å². The Morgan fingerprint density at radius 2 is 1.97 bits per heavy atom. The average molecular weight is 524 g/mol. The van der Waals surface area contributed by atoms with Crippen LogP contribution < -0.4 is 20.3 Å². The summed E-state index contributed by atoms with van der Waals surface area (Å²) in [6, 6.07) is 14.2. The maximum absolute atomic E-state index is 14.1. The van der Waals surface area contributed by atoms with Gasteiger partial charge in [0.1, 0.15) is 11.5 Å². The van der Waals surface area contributed by atoms with Crippen molar-refractivity contribution >= 4 is 44.1 Å². The van der Waals surface area contributed by atoms with Crippen LogP contribution in [-0.2, 0) is 16.6 Å². The molecular weight excluding hydrogens is 493 g/mol. The van der Waals surface area contributed by atoms with Crippen LogP contribution in [0.3, 0.4) is 0 Å². The van der Waals surface area contributed by atoms with E-state index in [1.165, 1.54) is 25.2 Å². The lowest BCUT2D eigenvalue weighted by Gasteiger charge is -2.32. The van der Waals surface area contributed by atoms with Crippen molar-refractivity contribution in [3.8, 4) is 0 Å². The third-order valence-corrected chi connectivity index (χ3v) is 7.86. The molecule has 3 N–H and O–H groups in total. The van der Waals surface area contributed by atoms with Crippen molar-refractivity contribution in [1.29, 1.82) is 0 Å². The van der Waals surface area contributed by atoms with Crippen LogP contribution >= 0.6 is 0 Å². The van der Waals surface area contributed by atoms with Gasteiger partial charge in [0.05, 0.1) is 18.5 Å². The first-order valence-electron chi connectivity index (χ1n) is 12.1. The van der Waals surface area contributed by atoms with Gasteiger partial charge in [-0.05, 0) is 66.9 Å². The zero-order valence-corrected chi connectivity index (χ0v) is 21.6. The van der Waals surface area contributed by atoms with Crippen LogP contribution in [0, 0.1) is 5.82 Å². The molecule has 1 atom stereocenters. The topological polar surface area (TPSA) is 109 Å². The summed E-state index contributed by atoms with van der Waals surface area (Å²) in [5.74, 6) is -0.0167. The van der Waals surface area contributed by atoms with Gasteiger partial charge in [0.2, 0.25) is 16.0 Å². The van der Waals surface area contributed by atoms with Crippen LogP contribution in [-0.4, -0.2) is 55.4 Å². The zero-order valence-electron chi connectivity index (χ0n) is 20.8. The minimum Gasteiger partial charge on any atom is -0.370 e. The van der Waals surface area contributed by atoms with E-state index in [2.05, 4.69) is 32.3 Å². The number of halogens is 1. The molecule has 0 saturated carbocycles. The minimum absolute atomic E-state index is 0.207. The van der Waals surface area contributed by atoms with Gasteiger partial charge in [-0.1, -0.05) is 0 Å². The van der Waals surface area contributed by atoms with E-state index in [1.54, 1.807) is 6.20 Å². The first-order chi connectivity index (χ1) is 17.7. The molecule has 1 aliphatic heterocycles. The fourth-order valence-corrected chi connectivity index (χ4v) is 5.17. The lowest BCUT2D eigenvalue weighted by molar-refractivity contribution is 0.506. The quantitative estimate of drug-likeness (QED) is 0.380. The molecule has 5 rings (SSSR count). The number of aromatic nitrogens is 3. The van der Waals surface area contributed by atoms with E-state index in [9.17, 15) is 12.8 Å². The summed E-state index contributed by atoms with van der Waals surface area (Å²) in [6.45, 7) is 2.10. The van der Waals surface area contributed by atoms with E-state index in [4.69, 9.17) is 5.73 Å². The lowest BCUT2D eigenvalue weighted by atomic mass is 10.1. The Bertz CT molecular complexity index is 1520. The smallest absolute Gasteiger partial charge is 0.232 e. The second-order valence-corrected chi connectivity index (χ2v) is 11.5.